The lowest BCUT2D eigenvalue weighted by atomic mass is 9.99. The summed E-state index contributed by atoms with van der Waals surface area (Å²) in [4.78, 5) is 11.4. The third-order valence-corrected chi connectivity index (χ3v) is 3.06. The topological polar surface area (TPSA) is 60.4 Å². The van der Waals surface area contributed by atoms with Crippen molar-refractivity contribution in [1.29, 1.82) is 0 Å². The van der Waals surface area contributed by atoms with Crippen LogP contribution in [0.5, 0.6) is 0 Å². The molecule has 0 N–H and O–H groups in total. The highest BCUT2D eigenvalue weighted by Crippen LogP contribution is 2.34. The predicted octanol–water partition coefficient (Wildman–Crippen LogP) is 1.91. The van der Waals surface area contributed by atoms with Crippen LogP contribution >= 0.6 is 0 Å². The van der Waals surface area contributed by atoms with Gasteiger partial charge in [0.1, 0.15) is 10.7 Å². The van der Waals surface area contributed by atoms with E-state index in [1.807, 2.05) is 0 Å². The molecule has 1 aromatic rings. The summed E-state index contributed by atoms with van der Waals surface area (Å²) in [6, 6.07) is 1.66. The minimum absolute atomic E-state index is 0.0732. The van der Waals surface area contributed by atoms with Gasteiger partial charge in [-0.05, 0) is 30.2 Å². The lowest BCUT2D eigenvalue weighted by Crippen LogP contribution is -2.13. The summed E-state index contributed by atoms with van der Waals surface area (Å²) in [7, 11) is -1.95. The van der Waals surface area contributed by atoms with Crippen molar-refractivity contribution in [2.75, 3.05) is 7.11 Å². The molecular formula is C11H11F3O4S. The Morgan fingerprint density at radius 2 is 1.89 bits per heavy atom. The number of methoxy groups -OCH3 is 1. The van der Waals surface area contributed by atoms with Gasteiger partial charge in [-0.1, -0.05) is 0 Å². The molecule has 4 nitrogen and oxygen atoms in total. The molecule has 0 heterocycles. The largest absolute Gasteiger partial charge is 0.465 e. The van der Waals surface area contributed by atoms with E-state index >= 15 is 0 Å². The molecule has 106 valence electrons. The molecule has 0 fully saturated rings. The van der Waals surface area contributed by atoms with Crippen LogP contribution < -0.4 is 0 Å². The van der Waals surface area contributed by atoms with Crippen LogP contribution in [0.4, 0.5) is 13.2 Å². The Hall–Kier alpha value is -1.57. The van der Waals surface area contributed by atoms with E-state index in [0.29, 0.717) is 0 Å². The lowest BCUT2D eigenvalue weighted by molar-refractivity contribution is -0.138. The maximum absolute atomic E-state index is 12.8. The fourth-order valence-corrected chi connectivity index (χ4v) is 2.16. The Balaban J connectivity index is 3.49. The van der Waals surface area contributed by atoms with Crippen LogP contribution in [0.3, 0.4) is 0 Å². The monoisotopic (exact) mass is 296 g/mol. The molecule has 0 saturated carbocycles. The van der Waals surface area contributed by atoms with Crippen molar-refractivity contribution < 1.29 is 31.1 Å². The zero-order valence-electron chi connectivity index (χ0n) is 10.1. The van der Waals surface area contributed by atoms with E-state index in [1.165, 1.54) is 6.92 Å². The Morgan fingerprint density at radius 1 is 1.32 bits per heavy atom. The first-order valence-corrected chi connectivity index (χ1v) is 6.44. The maximum atomic E-state index is 12.8. The Morgan fingerprint density at radius 3 is 2.32 bits per heavy atom. The van der Waals surface area contributed by atoms with Crippen LogP contribution in [-0.4, -0.2) is 21.5 Å². The lowest BCUT2D eigenvalue weighted by Gasteiger charge is -2.14. The van der Waals surface area contributed by atoms with Gasteiger partial charge in [0, 0.05) is 0 Å². The first-order chi connectivity index (χ1) is 8.66. The van der Waals surface area contributed by atoms with E-state index < -0.39 is 39.7 Å². The molecule has 0 spiro atoms. The van der Waals surface area contributed by atoms with Gasteiger partial charge in [0.25, 0.3) is 0 Å². The number of carbonyl (C=O) groups is 1. The molecule has 0 aliphatic rings. The molecule has 1 rings (SSSR count). The van der Waals surface area contributed by atoms with Crippen molar-refractivity contribution >= 4 is 16.7 Å². The molecule has 0 aliphatic heterocycles. The fraction of sp³-hybridized carbons (Fsp3) is 0.364. The maximum Gasteiger partial charge on any atom is 0.416 e. The van der Waals surface area contributed by atoms with Gasteiger partial charge >= 0.3 is 12.1 Å². The number of esters is 1. The molecule has 0 saturated heterocycles. The number of thiol groups is 1. The molecule has 0 unspecified atom stereocenters. The first kappa shape index (κ1) is 15.5. The second-order valence-electron chi connectivity index (χ2n) is 3.80. The summed E-state index contributed by atoms with van der Waals surface area (Å²) < 4.78 is 64.0. The van der Waals surface area contributed by atoms with Crippen LogP contribution in [0.25, 0.3) is 0 Å². The standard InChI is InChI=1S/C11H11F3O4S/c1-6-3-9(11(12,13)14)7(5-19(16)17)4-8(6)10(15)18-2/h3-4,19H,5H2,1-2H3. The predicted molar refractivity (Wildman–Crippen MR) is 61.5 cm³/mol. The van der Waals surface area contributed by atoms with E-state index in [9.17, 15) is 26.4 Å². The van der Waals surface area contributed by atoms with Gasteiger partial charge in [-0.15, -0.1) is 0 Å². The normalized spacial score (nSPS) is 11.7. The molecule has 0 radical (unpaired) electrons. The van der Waals surface area contributed by atoms with Gasteiger partial charge in [0.15, 0.2) is 0 Å². The van der Waals surface area contributed by atoms with E-state index in [-0.39, 0.29) is 11.1 Å². The Bertz CT molecular complexity index is 568. The average Bonchev–Trinajstić information content (AvgIpc) is 2.28. The second kappa shape index (κ2) is 5.60. The molecule has 0 bridgehead atoms. The zero-order valence-corrected chi connectivity index (χ0v) is 11.0. The molecule has 8 heteroatoms. The highest BCUT2D eigenvalue weighted by Gasteiger charge is 2.34. The Labute approximate surface area is 109 Å². The highest BCUT2D eigenvalue weighted by atomic mass is 32.2. The van der Waals surface area contributed by atoms with Crippen LogP contribution in [0, 0.1) is 6.92 Å². The van der Waals surface area contributed by atoms with Crippen LogP contribution in [0.15, 0.2) is 12.1 Å². The number of benzene rings is 1. The summed E-state index contributed by atoms with van der Waals surface area (Å²) in [6.45, 7) is 1.32. The highest BCUT2D eigenvalue weighted by molar-refractivity contribution is 7.71. The molecule has 19 heavy (non-hydrogen) atoms. The molecule has 0 aliphatic carbocycles. The van der Waals surface area contributed by atoms with Crippen molar-refractivity contribution in [3.05, 3.63) is 34.4 Å². The number of ether oxygens (including phenoxy) is 1. The number of rotatable bonds is 3. The van der Waals surface area contributed by atoms with E-state index in [1.54, 1.807) is 0 Å². The first-order valence-electron chi connectivity index (χ1n) is 5.07. The quantitative estimate of drug-likeness (QED) is 0.684. The number of hydrogen-bond acceptors (Lipinski definition) is 4. The van der Waals surface area contributed by atoms with E-state index in [4.69, 9.17) is 0 Å². The fourth-order valence-electron chi connectivity index (χ4n) is 1.62. The number of alkyl halides is 3. The summed E-state index contributed by atoms with van der Waals surface area (Å²) in [5, 5.41) is 0. The third-order valence-electron chi connectivity index (χ3n) is 2.46. The molecule has 0 atom stereocenters. The van der Waals surface area contributed by atoms with Gasteiger partial charge in [0.2, 0.25) is 0 Å². The van der Waals surface area contributed by atoms with Gasteiger partial charge in [-0.25, -0.2) is 13.2 Å². The molecule has 0 aromatic heterocycles. The summed E-state index contributed by atoms with van der Waals surface area (Å²) in [5.74, 6) is -1.59. The molecule has 0 amide bonds. The number of halogens is 3. The Kier molecular flexibility index (Phi) is 4.56. The van der Waals surface area contributed by atoms with Crippen molar-refractivity contribution in [2.24, 2.45) is 0 Å². The van der Waals surface area contributed by atoms with Crippen molar-refractivity contribution in [3.63, 3.8) is 0 Å². The second-order valence-corrected chi connectivity index (χ2v) is 4.79. The summed E-state index contributed by atoms with van der Waals surface area (Å²) in [5.41, 5.74) is -1.53. The van der Waals surface area contributed by atoms with Gasteiger partial charge < -0.3 is 4.74 Å². The van der Waals surface area contributed by atoms with Crippen molar-refractivity contribution in [3.8, 4) is 0 Å². The third kappa shape index (κ3) is 3.69. The van der Waals surface area contributed by atoms with E-state index in [0.717, 1.165) is 19.2 Å². The minimum Gasteiger partial charge on any atom is -0.465 e. The van der Waals surface area contributed by atoms with Gasteiger partial charge in [-0.2, -0.15) is 13.2 Å². The molecular weight excluding hydrogens is 285 g/mol. The SMILES string of the molecule is COC(=O)c1cc(C[SH](=O)=O)c(C(F)(F)F)cc1C. The number of hydrogen-bond donors (Lipinski definition) is 1. The van der Waals surface area contributed by atoms with Crippen molar-refractivity contribution in [1.82, 2.24) is 0 Å². The minimum atomic E-state index is -4.68. The van der Waals surface area contributed by atoms with Crippen LogP contribution in [-0.2, 0) is 27.4 Å². The smallest absolute Gasteiger partial charge is 0.416 e. The number of carbonyl (C=O) groups excluding carboxylic acids is 1. The van der Waals surface area contributed by atoms with E-state index in [2.05, 4.69) is 4.74 Å². The summed E-state index contributed by atoms with van der Waals surface area (Å²) >= 11 is 0. The number of aryl methyl sites for hydroxylation is 1. The van der Waals surface area contributed by atoms with Crippen LogP contribution in [0.1, 0.15) is 27.0 Å². The van der Waals surface area contributed by atoms with Gasteiger partial charge in [-0.3, -0.25) is 0 Å². The summed E-state index contributed by atoms with van der Waals surface area (Å²) in [6.07, 6.45) is -4.68. The average molecular weight is 296 g/mol. The van der Waals surface area contributed by atoms with Gasteiger partial charge in [0.05, 0.1) is 24.0 Å². The van der Waals surface area contributed by atoms with Crippen LogP contribution in [0.2, 0.25) is 0 Å². The van der Waals surface area contributed by atoms with Crippen molar-refractivity contribution in [2.45, 2.75) is 18.9 Å². The zero-order chi connectivity index (χ0) is 14.8. The molecule has 1 aromatic carbocycles.